The minimum atomic E-state index is -0.946. The van der Waals surface area contributed by atoms with Crippen LogP contribution in [0.15, 0.2) is 66.7 Å². The van der Waals surface area contributed by atoms with Crippen LogP contribution in [0.4, 0.5) is 0 Å². The summed E-state index contributed by atoms with van der Waals surface area (Å²) in [5.41, 5.74) is 2.58. The molecule has 2 aromatic rings. The van der Waals surface area contributed by atoms with E-state index in [0.29, 0.717) is 11.8 Å². The van der Waals surface area contributed by atoms with E-state index in [1.165, 1.54) is 0 Å². The lowest BCUT2D eigenvalue weighted by Gasteiger charge is -2.14. The summed E-state index contributed by atoms with van der Waals surface area (Å²) in [5.74, 6) is -1.78. The maximum Gasteiger partial charge on any atom is 0.313 e. The van der Waals surface area contributed by atoms with Crippen molar-refractivity contribution in [2.24, 2.45) is 5.92 Å². The average Bonchev–Trinajstić information content (AvgIpc) is 2.66. The molecule has 4 nitrogen and oxygen atoms in total. The van der Waals surface area contributed by atoms with Gasteiger partial charge in [0.15, 0.2) is 5.78 Å². The van der Waals surface area contributed by atoms with Crippen LogP contribution in [0.5, 0.6) is 0 Å². The molecule has 0 radical (unpaired) electrons. The highest BCUT2D eigenvalue weighted by Gasteiger charge is 2.26. The zero-order chi connectivity index (χ0) is 18.2. The molecule has 0 amide bonds. The van der Waals surface area contributed by atoms with Crippen molar-refractivity contribution in [3.8, 4) is 11.1 Å². The van der Waals surface area contributed by atoms with Crippen molar-refractivity contribution in [1.29, 1.82) is 0 Å². The van der Waals surface area contributed by atoms with Crippen LogP contribution in [0.2, 0.25) is 0 Å². The molecule has 0 spiro atoms. The number of rotatable bonds is 8. The molecular formula is C21H20O4. The van der Waals surface area contributed by atoms with Crippen molar-refractivity contribution in [1.82, 2.24) is 0 Å². The van der Waals surface area contributed by atoms with E-state index in [2.05, 4.69) is 6.58 Å². The molecule has 0 unspecified atom stereocenters. The molecule has 1 atom stereocenters. The number of carbonyl (C=O) groups is 3. The van der Waals surface area contributed by atoms with Gasteiger partial charge >= 0.3 is 5.97 Å². The minimum absolute atomic E-state index is 0.0488. The zero-order valence-electron chi connectivity index (χ0n) is 14.1. The van der Waals surface area contributed by atoms with Crippen LogP contribution in [0, 0.1) is 5.92 Å². The second-order valence-electron chi connectivity index (χ2n) is 5.57. The van der Waals surface area contributed by atoms with Gasteiger partial charge in [-0.1, -0.05) is 61.2 Å². The van der Waals surface area contributed by atoms with E-state index in [4.69, 9.17) is 4.74 Å². The van der Waals surface area contributed by atoms with Gasteiger partial charge in [0.1, 0.15) is 6.29 Å². The summed E-state index contributed by atoms with van der Waals surface area (Å²) >= 11 is 0. The number of aldehydes is 1. The summed E-state index contributed by atoms with van der Waals surface area (Å²) < 4.78 is 4.93. The van der Waals surface area contributed by atoms with Crippen LogP contribution in [0.3, 0.4) is 0 Å². The Hall–Kier alpha value is -3.01. The maximum absolute atomic E-state index is 12.5. The quantitative estimate of drug-likeness (QED) is 0.318. The fraction of sp³-hybridized carbons (Fsp3) is 0.190. The van der Waals surface area contributed by atoms with Crippen molar-refractivity contribution >= 4 is 18.0 Å². The number of Topliss-reactive ketones (excluding diaryl/α,β-unsaturated/α-hetero) is 1. The Balaban J connectivity index is 2.14. The predicted molar refractivity (Wildman–Crippen MR) is 96.2 cm³/mol. The topological polar surface area (TPSA) is 60.4 Å². The molecule has 0 aliphatic carbocycles. The largest absolute Gasteiger partial charge is 0.466 e. The normalized spacial score (nSPS) is 11.4. The van der Waals surface area contributed by atoms with Crippen LogP contribution in [0.1, 0.15) is 23.7 Å². The number of ether oxygens (including phenoxy) is 1. The van der Waals surface area contributed by atoms with E-state index < -0.39 is 11.9 Å². The number of hydrogen-bond donors (Lipinski definition) is 0. The first kappa shape index (κ1) is 18.3. The fourth-order valence-electron chi connectivity index (χ4n) is 2.47. The first-order chi connectivity index (χ1) is 12.1. The number of carbonyl (C=O) groups excluding carboxylic acids is 3. The van der Waals surface area contributed by atoms with Crippen LogP contribution < -0.4 is 0 Å². The molecule has 25 heavy (non-hydrogen) atoms. The van der Waals surface area contributed by atoms with Gasteiger partial charge in [-0.25, -0.2) is 0 Å². The molecule has 0 heterocycles. The van der Waals surface area contributed by atoms with Crippen molar-refractivity contribution in [2.45, 2.75) is 13.3 Å². The molecule has 0 bridgehead atoms. The summed E-state index contributed by atoms with van der Waals surface area (Å²) in [6.45, 7) is 5.41. The Morgan fingerprint density at radius 3 is 2.20 bits per heavy atom. The van der Waals surface area contributed by atoms with Crippen molar-refractivity contribution in [3.05, 3.63) is 72.3 Å². The van der Waals surface area contributed by atoms with Crippen molar-refractivity contribution in [3.63, 3.8) is 0 Å². The molecule has 2 rings (SSSR count). The lowest BCUT2D eigenvalue weighted by Crippen LogP contribution is -2.23. The molecule has 4 heteroatoms. The van der Waals surface area contributed by atoms with Crippen LogP contribution in [-0.4, -0.2) is 24.6 Å². The van der Waals surface area contributed by atoms with Crippen LogP contribution in [-0.2, 0) is 14.3 Å². The minimum Gasteiger partial charge on any atom is -0.466 e. The number of esters is 1. The molecule has 0 saturated heterocycles. The Kier molecular flexibility index (Phi) is 6.40. The molecule has 0 N–H and O–H groups in total. The highest BCUT2D eigenvalue weighted by atomic mass is 16.5. The van der Waals surface area contributed by atoms with E-state index in [1.807, 2.05) is 42.5 Å². The summed E-state index contributed by atoms with van der Waals surface area (Å²) in [6, 6.07) is 17.0. The van der Waals surface area contributed by atoms with Crippen molar-refractivity contribution < 1.29 is 19.1 Å². The molecule has 0 aliphatic heterocycles. The highest BCUT2D eigenvalue weighted by Crippen LogP contribution is 2.22. The number of hydrogen-bond acceptors (Lipinski definition) is 4. The molecule has 0 saturated carbocycles. The van der Waals surface area contributed by atoms with Gasteiger partial charge in [-0.15, -0.1) is 0 Å². The Morgan fingerprint density at radius 2 is 1.64 bits per heavy atom. The third kappa shape index (κ3) is 4.73. The van der Waals surface area contributed by atoms with E-state index >= 15 is 0 Å². The van der Waals surface area contributed by atoms with Gasteiger partial charge in [0.05, 0.1) is 12.5 Å². The second kappa shape index (κ2) is 8.73. The molecule has 0 fully saturated rings. The van der Waals surface area contributed by atoms with Gasteiger partial charge in [-0.3, -0.25) is 14.4 Å². The molecule has 0 aromatic heterocycles. The summed E-state index contributed by atoms with van der Waals surface area (Å²) in [5, 5.41) is 0. The Bertz CT molecular complexity index is 760. The average molecular weight is 336 g/mol. The van der Waals surface area contributed by atoms with Crippen LogP contribution >= 0.6 is 0 Å². The fourth-order valence-corrected chi connectivity index (χ4v) is 2.47. The standard InChI is InChI=1S/C21H20O4/c1-3-25-21(24)19(15(2)14-22)13-20(23)18-11-9-17(10-12-18)16-7-5-4-6-8-16/h4-12,14,19H,2-3,13H2,1H3/t19-/m0/s1. The van der Waals surface area contributed by atoms with Gasteiger partial charge in [-0.2, -0.15) is 0 Å². The molecule has 128 valence electrons. The zero-order valence-corrected chi connectivity index (χ0v) is 14.1. The smallest absolute Gasteiger partial charge is 0.313 e. The van der Waals surface area contributed by atoms with Gasteiger partial charge in [0.2, 0.25) is 0 Å². The SMILES string of the molecule is C=C(C=O)[C@H](CC(=O)c1ccc(-c2ccccc2)cc1)C(=O)OCC. The van der Waals surface area contributed by atoms with Crippen molar-refractivity contribution in [2.75, 3.05) is 6.61 Å². The van der Waals surface area contributed by atoms with E-state index in [1.54, 1.807) is 19.1 Å². The van der Waals surface area contributed by atoms with E-state index in [0.717, 1.165) is 11.1 Å². The van der Waals surface area contributed by atoms with Crippen LogP contribution in [0.25, 0.3) is 11.1 Å². The third-order valence-electron chi connectivity index (χ3n) is 3.87. The first-order valence-electron chi connectivity index (χ1n) is 8.06. The molecular weight excluding hydrogens is 316 g/mol. The Labute approximate surface area is 147 Å². The van der Waals surface area contributed by atoms with Gasteiger partial charge in [0, 0.05) is 12.0 Å². The summed E-state index contributed by atoms with van der Waals surface area (Å²) in [4.78, 5) is 35.4. The first-order valence-corrected chi connectivity index (χ1v) is 8.06. The molecule has 2 aromatic carbocycles. The Morgan fingerprint density at radius 1 is 1.04 bits per heavy atom. The van der Waals surface area contributed by atoms with Gasteiger partial charge in [-0.05, 0) is 23.6 Å². The maximum atomic E-state index is 12.5. The summed E-state index contributed by atoms with van der Waals surface area (Å²) in [6.07, 6.45) is 0.356. The monoisotopic (exact) mass is 336 g/mol. The van der Waals surface area contributed by atoms with E-state index in [9.17, 15) is 14.4 Å². The second-order valence-corrected chi connectivity index (χ2v) is 5.57. The number of ketones is 1. The molecule has 0 aliphatic rings. The van der Waals surface area contributed by atoms with Gasteiger partial charge in [0.25, 0.3) is 0 Å². The predicted octanol–water partition coefficient (Wildman–Crippen LogP) is 3.86. The van der Waals surface area contributed by atoms with Gasteiger partial charge < -0.3 is 4.74 Å². The highest BCUT2D eigenvalue weighted by molar-refractivity contribution is 6.00. The number of benzene rings is 2. The lowest BCUT2D eigenvalue weighted by molar-refractivity contribution is -0.147. The third-order valence-corrected chi connectivity index (χ3v) is 3.87. The lowest BCUT2D eigenvalue weighted by atomic mass is 9.92. The van der Waals surface area contributed by atoms with E-state index in [-0.39, 0.29) is 24.4 Å². The summed E-state index contributed by atoms with van der Waals surface area (Å²) in [7, 11) is 0.